The Morgan fingerprint density at radius 3 is 2.42 bits per heavy atom. The minimum absolute atomic E-state index is 0.632. The van der Waals surface area contributed by atoms with Crippen molar-refractivity contribution in [3.05, 3.63) is 0 Å². The second-order valence-electron chi connectivity index (χ2n) is 4.85. The van der Waals surface area contributed by atoms with Crippen molar-refractivity contribution in [1.29, 1.82) is 0 Å². The van der Waals surface area contributed by atoms with Gasteiger partial charge in [0.25, 0.3) is 0 Å². The molecule has 1 heteroatoms. The summed E-state index contributed by atoms with van der Waals surface area (Å²) in [7, 11) is 0. The molecule has 1 saturated carbocycles. The van der Waals surface area contributed by atoms with Gasteiger partial charge in [0.2, 0.25) is 0 Å². The van der Waals surface area contributed by atoms with E-state index in [1.165, 1.54) is 25.7 Å². The molecule has 0 amide bonds. The second kappa shape index (κ2) is 3.78. The van der Waals surface area contributed by atoms with E-state index in [0.717, 1.165) is 18.4 Å². The van der Waals surface area contributed by atoms with Crippen molar-refractivity contribution in [3.63, 3.8) is 0 Å². The van der Waals surface area contributed by atoms with Crippen molar-refractivity contribution in [2.24, 2.45) is 23.0 Å². The van der Waals surface area contributed by atoms with E-state index in [9.17, 15) is 0 Å². The lowest BCUT2D eigenvalue weighted by molar-refractivity contribution is 0.0135. The summed E-state index contributed by atoms with van der Waals surface area (Å²) in [5.74, 6) is 1.83. The third-order valence-corrected chi connectivity index (χ3v) is 3.62. The molecule has 1 atom stereocenters. The molecule has 1 unspecified atom stereocenters. The fourth-order valence-electron chi connectivity index (χ4n) is 3.11. The van der Waals surface area contributed by atoms with Crippen LogP contribution in [0.15, 0.2) is 0 Å². The molecule has 0 aliphatic heterocycles. The summed E-state index contributed by atoms with van der Waals surface area (Å²) >= 11 is 0. The van der Waals surface area contributed by atoms with Crippen molar-refractivity contribution in [2.45, 2.75) is 46.5 Å². The maximum absolute atomic E-state index is 5.62. The second-order valence-corrected chi connectivity index (χ2v) is 4.85. The molecular formula is C11H23N. The molecule has 0 heterocycles. The van der Waals surface area contributed by atoms with E-state index < -0.39 is 0 Å². The molecule has 2 N–H and O–H groups in total. The van der Waals surface area contributed by atoms with Gasteiger partial charge in [-0.15, -0.1) is 0 Å². The predicted molar refractivity (Wildman–Crippen MR) is 54.0 cm³/mol. The van der Waals surface area contributed by atoms with Gasteiger partial charge >= 0.3 is 0 Å². The van der Waals surface area contributed by atoms with Gasteiger partial charge in [0, 0.05) is 0 Å². The molecule has 0 saturated heterocycles. The predicted octanol–water partition coefficient (Wildman–Crippen LogP) is 2.80. The van der Waals surface area contributed by atoms with Crippen LogP contribution in [-0.2, 0) is 0 Å². The van der Waals surface area contributed by atoms with E-state index in [0.29, 0.717) is 5.41 Å². The zero-order valence-corrected chi connectivity index (χ0v) is 8.77. The molecule has 1 rings (SSSR count). The summed E-state index contributed by atoms with van der Waals surface area (Å²) in [4.78, 5) is 0. The largest absolute Gasteiger partial charge is 0.330 e. The van der Waals surface area contributed by atoms with Crippen LogP contribution in [0.1, 0.15) is 46.5 Å². The third-order valence-electron chi connectivity index (χ3n) is 3.62. The molecular weight excluding hydrogens is 146 g/mol. The average Bonchev–Trinajstić information content (AvgIpc) is 1.97. The highest BCUT2D eigenvalue weighted by Gasteiger charge is 2.42. The summed E-state index contributed by atoms with van der Waals surface area (Å²) in [5.41, 5.74) is 6.25. The molecule has 1 aliphatic carbocycles. The Morgan fingerprint density at radius 2 is 2.08 bits per heavy atom. The van der Waals surface area contributed by atoms with Gasteiger partial charge in [-0.25, -0.2) is 0 Å². The van der Waals surface area contributed by atoms with Crippen LogP contribution >= 0.6 is 0 Å². The summed E-state index contributed by atoms with van der Waals surface area (Å²) in [6.45, 7) is 7.96. The molecule has 1 aliphatic rings. The molecule has 0 spiro atoms. The minimum atomic E-state index is 0.632. The van der Waals surface area contributed by atoms with E-state index in [1.807, 2.05) is 0 Å². The fourth-order valence-corrected chi connectivity index (χ4v) is 3.11. The third kappa shape index (κ3) is 1.82. The van der Waals surface area contributed by atoms with E-state index in [2.05, 4.69) is 20.8 Å². The van der Waals surface area contributed by atoms with Gasteiger partial charge in [-0.2, -0.15) is 0 Å². The van der Waals surface area contributed by atoms with Crippen LogP contribution in [0, 0.1) is 17.3 Å². The van der Waals surface area contributed by atoms with Crippen LogP contribution in [0.3, 0.4) is 0 Å². The molecule has 0 aromatic carbocycles. The first-order chi connectivity index (χ1) is 5.62. The van der Waals surface area contributed by atoms with Gasteiger partial charge < -0.3 is 5.73 Å². The summed E-state index contributed by atoms with van der Waals surface area (Å²) in [5, 5.41) is 0. The Morgan fingerprint density at radius 1 is 1.50 bits per heavy atom. The Balaban J connectivity index is 2.42. The Hall–Kier alpha value is -0.0400. The Bertz CT molecular complexity index is 136. The monoisotopic (exact) mass is 169 g/mol. The molecule has 1 nitrogen and oxygen atoms in total. The van der Waals surface area contributed by atoms with Crippen LogP contribution < -0.4 is 5.73 Å². The van der Waals surface area contributed by atoms with Crippen LogP contribution in [0.5, 0.6) is 0 Å². The van der Waals surface area contributed by atoms with Crippen LogP contribution in [-0.4, -0.2) is 6.54 Å². The van der Waals surface area contributed by atoms with E-state index >= 15 is 0 Å². The number of hydrogen-bond acceptors (Lipinski definition) is 1. The van der Waals surface area contributed by atoms with Crippen molar-refractivity contribution in [2.75, 3.05) is 6.54 Å². The maximum Gasteiger partial charge on any atom is -0.00744 e. The van der Waals surface area contributed by atoms with Crippen molar-refractivity contribution in [3.8, 4) is 0 Å². The highest BCUT2D eigenvalue weighted by Crippen LogP contribution is 2.52. The topological polar surface area (TPSA) is 26.0 Å². The van der Waals surface area contributed by atoms with E-state index in [1.54, 1.807) is 0 Å². The lowest BCUT2D eigenvalue weighted by Crippen LogP contribution is -2.40. The SMILES string of the molecule is CCC(CCN)C1(C)CC(C)C1. The van der Waals surface area contributed by atoms with Crippen LogP contribution in [0.2, 0.25) is 0 Å². The fraction of sp³-hybridized carbons (Fsp3) is 1.00. The first-order valence-corrected chi connectivity index (χ1v) is 5.32. The average molecular weight is 169 g/mol. The molecule has 0 radical (unpaired) electrons. The summed E-state index contributed by atoms with van der Waals surface area (Å²) in [6.07, 6.45) is 5.37. The Kier molecular flexibility index (Phi) is 3.16. The maximum atomic E-state index is 5.62. The van der Waals surface area contributed by atoms with Crippen molar-refractivity contribution >= 4 is 0 Å². The molecule has 72 valence electrons. The summed E-state index contributed by atoms with van der Waals surface area (Å²) in [6, 6.07) is 0. The molecule has 12 heavy (non-hydrogen) atoms. The zero-order chi connectivity index (χ0) is 9.19. The molecule has 1 fully saturated rings. The molecule has 0 aromatic heterocycles. The normalized spacial score (nSPS) is 37.5. The highest BCUT2D eigenvalue weighted by atomic mass is 14.6. The van der Waals surface area contributed by atoms with Gasteiger partial charge in [0.15, 0.2) is 0 Å². The van der Waals surface area contributed by atoms with Gasteiger partial charge in [-0.05, 0) is 43.1 Å². The van der Waals surface area contributed by atoms with Crippen molar-refractivity contribution in [1.82, 2.24) is 0 Å². The number of rotatable bonds is 4. The first-order valence-electron chi connectivity index (χ1n) is 5.32. The van der Waals surface area contributed by atoms with Gasteiger partial charge in [0.05, 0.1) is 0 Å². The lowest BCUT2D eigenvalue weighted by atomic mass is 9.56. The minimum Gasteiger partial charge on any atom is -0.330 e. The zero-order valence-electron chi connectivity index (χ0n) is 8.77. The standard InChI is InChI=1S/C11H23N/c1-4-10(5-6-12)11(3)7-9(2)8-11/h9-10H,4-8,12H2,1-3H3. The smallest absolute Gasteiger partial charge is 0.00744 e. The van der Waals surface area contributed by atoms with Gasteiger partial charge in [-0.3, -0.25) is 0 Å². The Labute approximate surface area is 76.7 Å². The van der Waals surface area contributed by atoms with Crippen LogP contribution in [0.25, 0.3) is 0 Å². The van der Waals surface area contributed by atoms with E-state index in [-0.39, 0.29) is 0 Å². The van der Waals surface area contributed by atoms with E-state index in [4.69, 9.17) is 5.73 Å². The van der Waals surface area contributed by atoms with Gasteiger partial charge in [-0.1, -0.05) is 27.2 Å². The number of nitrogens with two attached hydrogens (primary N) is 1. The van der Waals surface area contributed by atoms with Gasteiger partial charge in [0.1, 0.15) is 0 Å². The first kappa shape index (κ1) is 10.0. The number of hydrogen-bond donors (Lipinski definition) is 1. The molecule has 0 aromatic rings. The highest BCUT2D eigenvalue weighted by molar-refractivity contribution is 4.92. The van der Waals surface area contributed by atoms with Crippen LogP contribution in [0.4, 0.5) is 0 Å². The summed E-state index contributed by atoms with van der Waals surface area (Å²) < 4.78 is 0. The lowest BCUT2D eigenvalue weighted by Gasteiger charge is -2.49. The van der Waals surface area contributed by atoms with Crippen molar-refractivity contribution < 1.29 is 0 Å². The molecule has 0 bridgehead atoms. The quantitative estimate of drug-likeness (QED) is 0.688.